The Morgan fingerprint density at radius 1 is 0.946 bits per heavy atom. The van der Waals surface area contributed by atoms with E-state index in [1.807, 2.05) is 24.3 Å². The second-order valence-electron chi connectivity index (χ2n) is 8.03. The molecule has 0 atom stereocenters. The van der Waals surface area contributed by atoms with Gasteiger partial charge in [0.05, 0.1) is 15.6 Å². The molecule has 1 aliphatic rings. The van der Waals surface area contributed by atoms with E-state index in [9.17, 15) is 4.79 Å². The second kappa shape index (κ2) is 12.3. The molecule has 1 fully saturated rings. The largest absolute Gasteiger partial charge is 0.488 e. The number of amides is 1. The van der Waals surface area contributed by atoms with Gasteiger partial charge in [0.1, 0.15) is 12.4 Å². The minimum Gasteiger partial charge on any atom is -0.488 e. The molecule has 1 aliphatic heterocycles. The maximum Gasteiger partial charge on any atom is 0.270 e. The monoisotopic (exact) mass is 610 g/mol. The molecule has 10 heteroatoms. The summed E-state index contributed by atoms with van der Waals surface area (Å²) in [4.78, 5) is 17.5. The minimum absolute atomic E-state index is 0.236. The molecule has 0 N–H and O–H groups in total. The molecule has 0 bridgehead atoms. The highest BCUT2D eigenvalue weighted by atomic mass is 35.5. The average molecular weight is 612 g/mol. The topological polar surface area (TPSA) is 32.8 Å². The number of rotatable bonds is 8. The normalized spacial score (nSPS) is 14.5. The zero-order valence-electron chi connectivity index (χ0n) is 19.9. The molecule has 1 saturated heterocycles. The van der Waals surface area contributed by atoms with Crippen molar-refractivity contribution in [3.8, 4) is 5.75 Å². The zero-order valence-corrected chi connectivity index (χ0v) is 24.6. The Bertz CT molecular complexity index is 1390. The molecular weight excluding hydrogens is 590 g/mol. The predicted octanol–water partition coefficient (Wildman–Crippen LogP) is 9.13. The Labute approximate surface area is 246 Å². The number of ether oxygens (including phenoxy) is 1. The Hall–Kier alpha value is -1.93. The summed E-state index contributed by atoms with van der Waals surface area (Å²) in [6.07, 6.45) is 1.79. The van der Waals surface area contributed by atoms with E-state index >= 15 is 0 Å². The third-order valence-electron chi connectivity index (χ3n) is 5.75. The number of anilines is 2. The summed E-state index contributed by atoms with van der Waals surface area (Å²) in [5.74, 6) is 0.351. The molecule has 1 amide bonds. The summed E-state index contributed by atoms with van der Waals surface area (Å²) < 4.78 is 6.62. The van der Waals surface area contributed by atoms with Crippen LogP contribution in [0.2, 0.25) is 20.1 Å². The van der Waals surface area contributed by atoms with E-state index in [1.54, 1.807) is 36.4 Å². The maximum atomic E-state index is 13.4. The Morgan fingerprint density at radius 2 is 1.62 bits per heavy atom. The van der Waals surface area contributed by atoms with Gasteiger partial charge >= 0.3 is 0 Å². The fourth-order valence-electron chi connectivity index (χ4n) is 3.83. The fourth-order valence-corrected chi connectivity index (χ4v) is 6.06. The van der Waals surface area contributed by atoms with E-state index in [-0.39, 0.29) is 12.5 Å². The van der Waals surface area contributed by atoms with Crippen LogP contribution >= 0.6 is 70.4 Å². The van der Waals surface area contributed by atoms with E-state index in [0.717, 1.165) is 29.9 Å². The number of thiocarbonyl (C=S) groups is 1. The highest BCUT2D eigenvalue weighted by Gasteiger charge is 2.34. The van der Waals surface area contributed by atoms with Gasteiger partial charge in [0.25, 0.3) is 5.91 Å². The second-order valence-corrected chi connectivity index (χ2v) is 11.4. The van der Waals surface area contributed by atoms with Crippen molar-refractivity contribution in [3.05, 3.63) is 90.7 Å². The van der Waals surface area contributed by atoms with Gasteiger partial charge in [-0.15, -0.1) is 0 Å². The first kappa shape index (κ1) is 28.1. The lowest BCUT2D eigenvalue weighted by Gasteiger charge is -2.22. The van der Waals surface area contributed by atoms with E-state index < -0.39 is 0 Å². The van der Waals surface area contributed by atoms with Crippen molar-refractivity contribution < 1.29 is 9.53 Å². The van der Waals surface area contributed by atoms with Gasteiger partial charge in [-0.05, 0) is 62.4 Å². The van der Waals surface area contributed by atoms with Crippen LogP contribution in [0, 0.1) is 0 Å². The van der Waals surface area contributed by atoms with Crippen LogP contribution in [0.3, 0.4) is 0 Å². The van der Waals surface area contributed by atoms with E-state index in [2.05, 4.69) is 18.7 Å². The predicted molar refractivity (Wildman–Crippen MR) is 163 cm³/mol. The quantitative estimate of drug-likeness (QED) is 0.187. The summed E-state index contributed by atoms with van der Waals surface area (Å²) in [6.45, 7) is 6.12. The molecular formula is C27H22Cl4N2O2S2. The van der Waals surface area contributed by atoms with Gasteiger partial charge in [0.15, 0.2) is 4.32 Å². The van der Waals surface area contributed by atoms with Gasteiger partial charge in [-0.2, -0.15) is 0 Å². The lowest BCUT2D eigenvalue weighted by atomic mass is 10.1. The lowest BCUT2D eigenvalue weighted by molar-refractivity contribution is -0.113. The van der Waals surface area contributed by atoms with Crippen molar-refractivity contribution >= 4 is 98.1 Å². The van der Waals surface area contributed by atoms with Crippen LogP contribution in [-0.4, -0.2) is 23.3 Å². The first-order valence-corrected chi connectivity index (χ1v) is 14.1. The first-order valence-electron chi connectivity index (χ1n) is 11.4. The van der Waals surface area contributed by atoms with Gasteiger partial charge in [-0.1, -0.05) is 76.4 Å². The van der Waals surface area contributed by atoms with E-state index in [4.69, 9.17) is 63.4 Å². The van der Waals surface area contributed by atoms with Gasteiger partial charge < -0.3 is 9.64 Å². The van der Waals surface area contributed by atoms with Crippen LogP contribution in [0.25, 0.3) is 6.08 Å². The highest BCUT2D eigenvalue weighted by Crippen LogP contribution is 2.41. The standard InChI is InChI=1S/C27H22Cl4N2O2S2/c1-3-32(4-2)20-9-6-16(24(14-20)35-15-17-5-7-18(28)12-21(17)30)11-25-26(34)33(27(36)37-25)23-10-8-19(29)13-22(23)31/h5-14H,3-4,15H2,1-2H3/b25-11-. The van der Waals surface area contributed by atoms with Gasteiger partial charge in [-0.3, -0.25) is 9.69 Å². The molecule has 37 heavy (non-hydrogen) atoms. The summed E-state index contributed by atoms with van der Waals surface area (Å²) in [7, 11) is 0. The van der Waals surface area contributed by atoms with Crippen LogP contribution in [0.1, 0.15) is 25.0 Å². The van der Waals surface area contributed by atoms with Crippen molar-refractivity contribution in [2.75, 3.05) is 22.9 Å². The molecule has 4 nitrogen and oxygen atoms in total. The minimum atomic E-state index is -0.265. The fraction of sp³-hybridized carbons (Fsp3) is 0.185. The lowest BCUT2D eigenvalue weighted by Crippen LogP contribution is -2.27. The van der Waals surface area contributed by atoms with Crippen LogP contribution in [0.4, 0.5) is 11.4 Å². The number of carbonyl (C=O) groups excluding carboxylic acids is 1. The third-order valence-corrected chi connectivity index (χ3v) is 8.18. The summed E-state index contributed by atoms with van der Waals surface area (Å²) in [5, 5.41) is 1.90. The average Bonchev–Trinajstić information content (AvgIpc) is 3.13. The van der Waals surface area contributed by atoms with Crippen LogP contribution < -0.4 is 14.5 Å². The maximum absolute atomic E-state index is 13.4. The van der Waals surface area contributed by atoms with Gasteiger partial charge in [-0.25, -0.2) is 0 Å². The molecule has 4 rings (SSSR count). The number of nitrogens with zero attached hydrogens (tertiary/aromatic N) is 2. The molecule has 0 spiro atoms. The summed E-state index contributed by atoms with van der Waals surface area (Å²) >= 11 is 31.5. The first-order chi connectivity index (χ1) is 17.7. The van der Waals surface area contributed by atoms with Crippen LogP contribution in [-0.2, 0) is 11.4 Å². The van der Waals surface area contributed by atoms with Gasteiger partial charge in [0.2, 0.25) is 0 Å². The van der Waals surface area contributed by atoms with Crippen molar-refractivity contribution in [1.29, 1.82) is 0 Å². The number of halogens is 4. The molecule has 1 heterocycles. The molecule has 192 valence electrons. The number of hydrogen-bond acceptors (Lipinski definition) is 5. The molecule has 3 aromatic carbocycles. The SMILES string of the molecule is CCN(CC)c1ccc(/C=C2\SC(=S)N(c3ccc(Cl)cc3Cl)C2=O)c(OCc2ccc(Cl)cc2Cl)c1. The summed E-state index contributed by atoms with van der Waals surface area (Å²) in [6, 6.07) is 16.1. The van der Waals surface area contributed by atoms with Crippen molar-refractivity contribution in [1.82, 2.24) is 0 Å². The third kappa shape index (κ3) is 6.39. The van der Waals surface area contributed by atoms with Crippen molar-refractivity contribution in [2.45, 2.75) is 20.5 Å². The molecule has 0 aromatic heterocycles. The Kier molecular flexibility index (Phi) is 9.33. The molecule has 0 saturated carbocycles. The van der Waals surface area contributed by atoms with E-state index in [0.29, 0.717) is 40.8 Å². The van der Waals surface area contributed by atoms with E-state index in [1.165, 1.54) is 16.7 Å². The summed E-state index contributed by atoms with van der Waals surface area (Å²) in [5.41, 5.74) is 3.04. The Balaban J connectivity index is 1.68. The van der Waals surface area contributed by atoms with Gasteiger partial charge in [0, 0.05) is 51.0 Å². The molecule has 3 aromatic rings. The zero-order chi connectivity index (χ0) is 26.7. The van der Waals surface area contributed by atoms with Crippen molar-refractivity contribution in [3.63, 3.8) is 0 Å². The highest BCUT2D eigenvalue weighted by molar-refractivity contribution is 8.27. The molecule has 0 radical (unpaired) electrons. The number of hydrogen-bond donors (Lipinski definition) is 0. The van der Waals surface area contributed by atoms with Crippen molar-refractivity contribution in [2.24, 2.45) is 0 Å². The number of thioether (sulfide) groups is 1. The Morgan fingerprint density at radius 3 is 2.27 bits per heavy atom. The van der Waals surface area contributed by atoms with Crippen LogP contribution in [0.5, 0.6) is 5.75 Å². The van der Waals surface area contributed by atoms with Crippen LogP contribution in [0.15, 0.2) is 59.5 Å². The smallest absolute Gasteiger partial charge is 0.270 e. The number of carbonyl (C=O) groups is 1. The molecule has 0 unspecified atom stereocenters. The molecule has 0 aliphatic carbocycles. The number of benzene rings is 3.